The van der Waals surface area contributed by atoms with E-state index in [0.29, 0.717) is 10.5 Å². The lowest BCUT2D eigenvalue weighted by Gasteiger charge is -1.91. The van der Waals surface area contributed by atoms with Gasteiger partial charge in [0, 0.05) is 15.7 Å². The van der Waals surface area contributed by atoms with E-state index in [4.69, 9.17) is 5.11 Å². The van der Waals surface area contributed by atoms with E-state index in [1.165, 1.54) is 6.42 Å². The topological polar surface area (TPSA) is 20.2 Å². The smallest absolute Gasteiger partial charge is 0.0671 e. The van der Waals surface area contributed by atoms with Gasteiger partial charge in [0.1, 0.15) is 0 Å². The minimum Gasteiger partial charge on any atom is -0.392 e. The molecule has 2 aliphatic carbocycles. The first-order valence-corrected chi connectivity index (χ1v) is 4.75. The van der Waals surface area contributed by atoms with Crippen molar-refractivity contribution in [2.45, 2.75) is 34.7 Å². The van der Waals surface area contributed by atoms with E-state index in [1.807, 2.05) is 11.8 Å². The number of aliphatic hydroxyl groups excluding tert-OH is 1. The lowest BCUT2D eigenvalue weighted by molar-refractivity contribution is 0.280. The van der Waals surface area contributed by atoms with Crippen LogP contribution in [0.2, 0.25) is 0 Å². The van der Waals surface area contributed by atoms with Crippen molar-refractivity contribution in [1.29, 1.82) is 0 Å². The molecule has 0 heterocycles. The molecule has 2 rings (SSSR count). The molecule has 0 spiro atoms. The van der Waals surface area contributed by atoms with E-state index < -0.39 is 0 Å². The molecule has 0 amide bonds. The molecule has 2 saturated carbocycles. The van der Waals surface area contributed by atoms with Gasteiger partial charge in [0.25, 0.3) is 0 Å². The van der Waals surface area contributed by atoms with Gasteiger partial charge in [-0.1, -0.05) is 0 Å². The summed E-state index contributed by atoms with van der Waals surface area (Å²) in [4.78, 5) is 0. The van der Waals surface area contributed by atoms with Gasteiger partial charge in [0.2, 0.25) is 0 Å². The summed E-state index contributed by atoms with van der Waals surface area (Å²) in [5.41, 5.74) is 0. The highest BCUT2D eigenvalue weighted by Crippen LogP contribution is 2.48. The fourth-order valence-electron chi connectivity index (χ4n) is 0.836. The maximum atomic E-state index is 8.94. The van der Waals surface area contributed by atoms with Crippen LogP contribution in [0, 0.1) is 0 Å². The van der Waals surface area contributed by atoms with Crippen molar-refractivity contribution >= 4 is 24.4 Å². The van der Waals surface area contributed by atoms with Crippen LogP contribution in [0.3, 0.4) is 0 Å². The average Bonchev–Trinajstić information content (AvgIpc) is 2.59. The third-order valence-corrected chi connectivity index (χ3v) is 4.25. The van der Waals surface area contributed by atoms with E-state index in [2.05, 4.69) is 12.6 Å². The second-order valence-corrected chi connectivity index (χ2v) is 4.97. The summed E-state index contributed by atoms with van der Waals surface area (Å²) in [5, 5.41) is 10.9. The molecular formula is C6H10OS2. The van der Waals surface area contributed by atoms with Gasteiger partial charge in [-0.15, -0.1) is 0 Å². The average molecular weight is 162 g/mol. The van der Waals surface area contributed by atoms with Crippen molar-refractivity contribution in [3.63, 3.8) is 0 Å². The van der Waals surface area contributed by atoms with Crippen LogP contribution >= 0.6 is 24.4 Å². The van der Waals surface area contributed by atoms with Crippen molar-refractivity contribution < 1.29 is 5.11 Å². The van der Waals surface area contributed by atoms with E-state index in [0.717, 1.165) is 11.7 Å². The number of aliphatic hydroxyl groups is 1. The van der Waals surface area contributed by atoms with Crippen molar-refractivity contribution in [3.05, 3.63) is 0 Å². The molecule has 0 aliphatic heterocycles. The molecular weight excluding hydrogens is 152 g/mol. The molecule has 4 unspecified atom stereocenters. The molecule has 2 aliphatic rings. The summed E-state index contributed by atoms with van der Waals surface area (Å²) in [6.07, 6.45) is 2.27. The summed E-state index contributed by atoms with van der Waals surface area (Å²) in [6.45, 7) is 0. The number of thioether (sulfide) groups is 1. The van der Waals surface area contributed by atoms with E-state index in [1.54, 1.807) is 0 Å². The molecule has 1 nitrogen and oxygen atoms in total. The Balaban J connectivity index is 1.69. The van der Waals surface area contributed by atoms with E-state index >= 15 is 0 Å². The first-order chi connectivity index (χ1) is 4.27. The van der Waals surface area contributed by atoms with Crippen molar-refractivity contribution in [3.8, 4) is 0 Å². The molecule has 0 bridgehead atoms. The number of hydrogen-bond acceptors (Lipinski definition) is 3. The van der Waals surface area contributed by atoms with Crippen LogP contribution in [0.25, 0.3) is 0 Å². The Kier molecular flexibility index (Phi) is 1.47. The molecule has 9 heavy (non-hydrogen) atoms. The largest absolute Gasteiger partial charge is 0.392 e. The highest BCUT2D eigenvalue weighted by molar-refractivity contribution is 8.02. The standard InChI is InChI=1S/C6H10OS2/c7-3-1-5(3)9-6-2-4(6)8/h3-8H,1-2H2. The zero-order chi connectivity index (χ0) is 6.43. The maximum absolute atomic E-state index is 8.94. The van der Waals surface area contributed by atoms with Gasteiger partial charge >= 0.3 is 0 Å². The van der Waals surface area contributed by atoms with Crippen LogP contribution in [0.5, 0.6) is 0 Å². The van der Waals surface area contributed by atoms with E-state index in [-0.39, 0.29) is 6.10 Å². The van der Waals surface area contributed by atoms with Gasteiger partial charge in [-0.05, 0) is 12.8 Å². The van der Waals surface area contributed by atoms with Gasteiger partial charge in [0.15, 0.2) is 0 Å². The summed E-state index contributed by atoms with van der Waals surface area (Å²) in [5.74, 6) is 0. The highest BCUT2D eigenvalue weighted by Gasteiger charge is 2.44. The normalized spacial score (nSPS) is 55.3. The Morgan fingerprint density at radius 2 is 1.89 bits per heavy atom. The Bertz CT molecular complexity index is 114. The molecule has 0 aromatic carbocycles. The number of hydrogen-bond donors (Lipinski definition) is 2. The van der Waals surface area contributed by atoms with Gasteiger partial charge in [-0.2, -0.15) is 24.4 Å². The van der Waals surface area contributed by atoms with Crippen molar-refractivity contribution in [2.24, 2.45) is 0 Å². The number of thiol groups is 1. The molecule has 0 saturated heterocycles. The van der Waals surface area contributed by atoms with Crippen LogP contribution in [-0.2, 0) is 0 Å². The Morgan fingerprint density at radius 3 is 2.22 bits per heavy atom. The van der Waals surface area contributed by atoms with Crippen molar-refractivity contribution in [2.75, 3.05) is 0 Å². The van der Waals surface area contributed by atoms with Crippen LogP contribution in [0.4, 0.5) is 0 Å². The fourth-order valence-corrected chi connectivity index (χ4v) is 2.86. The highest BCUT2D eigenvalue weighted by atomic mass is 32.2. The second kappa shape index (κ2) is 2.07. The van der Waals surface area contributed by atoms with Gasteiger partial charge in [-0.25, -0.2) is 0 Å². The molecule has 3 heteroatoms. The maximum Gasteiger partial charge on any atom is 0.0671 e. The molecule has 2 fully saturated rings. The minimum atomic E-state index is 0.0103. The van der Waals surface area contributed by atoms with Gasteiger partial charge in [0.05, 0.1) is 6.10 Å². The summed E-state index contributed by atoms with van der Waals surface area (Å²) >= 11 is 6.22. The zero-order valence-corrected chi connectivity index (χ0v) is 6.74. The first-order valence-electron chi connectivity index (χ1n) is 3.29. The Hall–Kier alpha value is 0.660. The summed E-state index contributed by atoms with van der Waals surface area (Å²) in [6, 6.07) is 0. The lowest BCUT2D eigenvalue weighted by Crippen LogP contribution is -1.88. The minimum absolute atomic E-state index is 0.0103. The Morgan fingerprint density at radius 1 is 1.33 bits per heavy atom. The molecule has 0 radical (unpaired) electrons. The van der Waals surface area contributed by atoms with Gasteiger partial charge in [-0.3, -0.25) is 0 Å². The predicted octanol–water partition coefficient (Wildman–Crippen LogP) is 0.923. The predicted molar refractivity (Wildman–Crippen MR) is 43.2 cm³/mol. The monoisotopic (exact) mass is 162 g/mol. The molecule has 52 valence electrons. The second-order valence-electron chi connectivity index (χ2n) is 2.82. The fraction of sp³-hybridized carbons (Fsp3) is 1.00. The molecule has 0 aromatic heterocycles. The summed E-state index contributed by atoms with van der Waals surface area (Å²) in [7, 11) is 0. The van der Waals surface area contributed by atoms with Crippen molar-refractivity contribution in [1.82, 2.24) is 0 Å². The third-order valence-electron chi connectivity index (χ3n) is 1.75. The first kappa shape index (κ1) is 6.38. The van der Waals surface area contributed by atoms with Gasteiger partial charge < -0.3 is 5.11 Å². The Labute approximate surface area is 64.6 Å². The van der Waals surface area contributed by atoms with Crippen LogP contribution < -0.4 is 0 Å². The van der Waals surface area contributed by atoms with Crippen LogP contribution in [-0.4, -0.2) is 27.0 Å². The third kappa shape index (κ3) is 1.38. The quantitative estimate of drug-likeness (QED) is 0.589. The van der Waals surface area contributed by atoms with Crippen LogP contribution in [0.15, 0.2) is 0 Å². The lowest BCUT2D eigenvalue weighted by atomic mass is 10.9. The van der Waals surface area contributed by atoms with E-state index in [9.17, 15) is 0 Å². The molecule has 1 N–H and O–H groups in total. The summed E-state index contributed by atoms with van der Waals surface area (Å²) < 4.78 is 0. The molecule has 4 atom stereocenters. The SMILES string of the molecule is OC1CC1SC1CC1S. The molecule has 0 aromatic rings. The number of rotatable bonds is 2. The zero-order valence-electron chi connectivity index (χ0n) is 5.03. The van der Waals surface area contributed by atoms with Crippen LogP contribution in [0.1, 0.15) is 12.8 Å².